The number of halogens is 4. The number of nitrogens with zero attached hydrogens (tertiary/aromatic N) is 2. The van der Waals surface area contributed by atoms with Gasteiger partial charge in [0.2, 0.25) is 0 Å². The van der Waals surface area contributed by atoms with E-state index in [-0.39, 0.29) is 16.6 Å². The number of benzene rings is 1. The summed E-state index contributed by atoms with van der Waals surface area (Å²) >= 11 is 5.71. The Morgan fingerprint density at radius 2 is 1.83 bits per heavy atom. The molecule has 5 nitrogen and oxygen atoms in total. The molecular formula is C15H11ClF3N3O2. The van der Waals surface area contributed by atoms with Crippen molar-refractivity contribution >= 4 is 22.5 Å². The number of aryl methyl sites for hydroxylation is 2. The average molecular weight is 358 g/mol. The van der Waals surface area contributed by atoms with Gasteiger partial charge >= 0.3 is 6.18 Å². The highest BCUT2D eigenvalue weighted by molar-refractivity contribution is 6.31. The SMILES string of the molecule is Cc1c2c(=O)n(C)[nH]c2cc(=O)n1-c1ccc(C(F)(F)F)c(Cl)c1. The van der Waals surface area contributed by atoms with Crippen LogP contribution in [0.2, 0.25) is 5.02 Å². The third kappa shape index (κ3) is 2.43. The highest BCUT2D eigenvalue weighted by Gasteiger charge is 2.33. The van der Waals surface area contributed by atoms with Gasteiger partial charge in [-0.3, -0.25) is 23.9 Å². The summed E-state index contributed by atoms with van der Waals surface area (Å²) < 4.78 is 40.8. The summed E-state index contributed by atoms with van der Waals surface area (Å²) in [6, 6.07) is 4.23. The van der Waals surface area contributed by atoms with E-state index in [0.717, 1.165) is 22.8 Å². The largest absolute Gasteiger partial charge is 0.417 e. The van der Waals surface area contributed by atoms with E-state index in [0.29, 0.717) is 11.2 Å². The van der Waals surface area contributed by atoms with Gasteiger partial charge in [0.1, 0.15) is 0 Å². The molecule has 0 atom stereocenters. The Labute approximate surface area is 137 Å². The lowest BCUT2D eigenvalue weighted by Gasteiger charge is -2.13. The van der Waals surface area contributed by atoms with Gasteiger partial charge in [-0.15, -0.1) is 0 Å². The fourth-order valence-electron chi connectivity index (χ4n) is 2.68. The van der Waals surface area contributed by atoms with E-state index in [2.05, 4.69) is 5.10 Å². The maximum absolute atomic E-state index is 12.8. The molecule has 0 aliphatic heterocycles. The number of alkyl halides is 3. The molecule has 3 rings (SSSR count). The van der Waals surface area contributed by atoms with Gasteiger partial charge in [0.25, 0.3) is 11.1 Å². The number of aromatic nitrogens is 3. The molecule has 9 heteroatoms. The van der Waals surface area contributed by atoms with Crippen LogP contribution >= 0.6 is 11.6 Å². The molecule has 0 aliphatic rings. The number of hydrogen-bond donors (Lipinski definition) is 1. The van der Waals surface area contributed by atoms with Crippen LogP contribution in [0.4, 0.5) is 13.2 Å². The van der Waals surface area contributed by atoms with Crippen molar-refractivity contribution < 1.29 is 13.2 Å². The van der Waals surface area contributed by atoms with E-state index < -0.39 is 22.3 Å². The van der Waals surface area contributed by atoms with Gasteiger partial charge < -0.3 is 0 Å². The van der Waals surface area contributed by atoms with E-state index >= 15 is 0 Å². The molecule has 2 heterocycles. The molecule has 0 saturated carbocycles. The smallest absolute Gasteiger partial charge is 0.295 e. The fourth-order valence-corrected chi connectivity index (χ4v) is 2.97. The van der Waals surface area contributed by atoms with Crippen molar-refractivity contribution in [1.29, 1.82) is 0 Å². The van der Waals surface area contributed by atoms with Crippen molar-refractivity contribution in [1.82, 2.24) is 14.3 Å². The lowest BCUT2D eigenvalue weighted by Crippen LogP contribution is -2.22. The van der Waals surface area contributed by atoms with E-state index in [9.17, 15) is 22.8 Å². The molecule has 0 radical (unpaired) electrons. The van der Waals surface area contributed by atoms with Gasteiger partial charge in [-0.2, -0.15) is 13.2 Å². The first kappa shape index (κ1) is 16.4. The third-order valence-corrected chi connectivity index (χ3v) is 4.09. The van der Waals surface area contributed by atoms with E-state index in [1.165, 1.54) is 17.8 Å². The van der Waals surface area contributed by atoms with Crippen LogP contribution < -0.4 is 11.1 Å². The standard InChI is InChI=1S/C15H11ClF3N3O2/c1-7-13-11(20-21(2)14(13)24)6-12(23)22(7)8-3-4-9(10(16)5-8)15(17,18)19/h3-6,20H,1-2H3. The van der Waals surface area contributed by atoms with Crippen LogP contribution in [-0.2, 0) is 13.2 Å². The number of aromatic amines is 1. The summed E-state index contributed by atoms with van der Waals surface area (Å²) in [6.45, 7) is 1.55. The summed E-state index contributed by atoms with van der Waals surface area (Å²) in [4.78, 5) is 24.5. The molecule has 1 aromatic carbocycles. The normalized spacial score (nSPS) is 12.1. The molecule has 2 aromatic heterocycles. The predicted molar refractivity (Wildman–Crippen MR) is 83.9 cm³/mol. The Kier molecular flexibility index (Phi) is 3.60. The Hall–Kier alpha value is -2.48. The van der Waals surface area contributed by atoms with Crippen LogP contribution in [0.3, 0.4) is 0 Å². The molecular weight excluding hydrogens is 347 g/mol. The second-order valence-electron chi connectivity index (χ2n) is 5.33. The Bertz CT molecular complexity index is 1080. The highest BCUT2D eigenvalue weighted by Crippen LogP contribution is 2.35. The number of rotatable bonds is 1. The number of nitrogens with one attached hydrogen (secondary N) is 1. The number of fused-ring (bicyclic) bond motifs is 1. The van der Waals surface area contributed by atoms with Crippen LogP contribution in [0.15, 0.2) is 33.9 Å². The highest BCUT2D eigenvalue weighted by atomic mass is 35.5. The summed E-state index contributed by atoms with van der Waals surface area (Å²) in [5, 5.41) is 2.51. The second-order valence-corrected chi connectivity index (χ2v) is 5.74. The van der Waals surface area contributed by atoms with E-state index in [1.807, 2.05) is 0 Å². The number of hydrogen-bond acceptors (Lipinski definition) is 2. The van der Waals surface area contributed by atoms with Crippen LogP contribution in [0.5, 0.6) is 0 Å². The zero-order valence-electron chi connectivity index (χ0n) is 12.5. The first-order chi connectivity index (χ1) is 11.1. The quantitative estimate of drug-likeness (QED) is 0.728. The van der Waals surface area contributed by atoms with Gasteiger partial charge in [-0.05, 0) is 25.1 Å². The molecule has 0 fully saturated rings. The Morgan fingerprint density at radius 3 is 2.42 bits per heavy atom. The minimum absolute atomic E-state index is 0.153. The fraction of sp³-hybridized carbons (Fsp3) is 0.200. The molecule has 0 aliphatic carbocycles. The molecule has 0 bridgehead atoms. The van der Waals surface area contributed by atoms with Crippen molar-refractivity contribution in [3.63, 3.8) is 0 Å². The summed E-state index contributed by atoms with van der Waals surface area (Å²) in [7, 11) is 1.51. The van der Waals surface area contributed by atoms with Crippen LogP contribution in [0, 0.1) is 6.92 Å². The lowest BCUT2D eigenvalue weighted by molar-refractivity contribution is -0.137. The number of pyridine rings is 1. The molecule has 0 unspecified atom stereocenters. The summed E-state index contributed by atoms with van der Waals surface area (Å²) in [5.41, 5.74) is -0.987. The zero-order valence-corrected chi connectivity index (χ0v) is 13.3. The van der Waals surface area contributed by atoms with Crippen molar-refractivity contribution in [3.8, 4) is 5.69 Å². The topological polar surface area (TPSA) is 59.8 Å². The molecule has 126 valence electrons. The van der Waals surface area contributed by atoms with E-state index in [1.54, 1.807) is 6.92 Å². The Balaban J connectivity index is 2.31. The van der Waals surface area contributed by atoms with Crippen molar-refractivity contribution in [2.45, 2.75) is 13.1 Å². The Morgan fingerprint density at radius 1 is 1.17 bits per heavy atom. The molecule has 0 amide bonds. The van der Waals surface area contributed by atoms with Crippen LogP contribution in [0.1, 0.15) is 11.3 Å². The maximum Gasteiger partial charge on any atom is 0.417 e. The van der Waals surface area contributed by atoms with Gasteiger partial charge in [-0.1, -0.05) is 11.6 Å². The van der Waals surface area contributed by atoms with Crippen LogP contribution in [0.25, 0.3) is 16.6 Å². The van der Waals surface area contributed by atoms with Crippen molar-refractivity contribution in [2.24, 2.45) is 7.05 Å². The molecule has 0 saturated heterocycles. The van der Waals surface area contributed by atoms with Crippen molar-refractivity contribution in [2.75, 3.05) is 0 Å². The number of H-pyrrole nitrogens is 1. The lowest BCUT2D eigenvalue weighted by atomic mass is 10.1. The second kappa shape index (κ2) is 5.27. The van der Waals surface area contributed by atoms with Crippen molar-refractivity contribution in [3.05, 3.63) is 61.3 Å². The molecule has 1 N–H and O–H groups in total. The van der Waals surface area contributed by atoms with Gasteiger partial charge in [0.05, 0.1) is 27.2 Å². The van der Waals surface area contributed by atoms with Gasteiger partial charge in [0, 0.05) is 18.8 Å². The molecule has 24 heavy (non-hydrogen) atoms. The summed E-state index contributed by atoms with van der Waals surface area (Å²) in [6.07, 6.45) is -4.59. The monoisotopic (exact) mass is 357 g/mol. The molecule has 3 aromatic rings. The van der Waals surface area contributed by atoms with Crippen LogP contribution in [-0.4, -0.2) is 14.3 Å². The first-order valence-electron chi connectivity index (χ1n) is 6.79. The molecule has 0 spiro atoms. The van der Waals surface area contributed by atoms with Gasteiger partial charge in [-0.25, -0.2) is 0 Å². The zero-order chi connectivity index (χ0) is 17.8. The predicted octanol–water partition coefficient (Wildman–Crippen LogP) is 3.00. The van der Waals surface area contributed by atoms with Gasteiger partial charge in [0.15, 0.2) is 0 Å². The minimum atomic E-state index is -4.59. The minimum Gasteiger partial charge on any atom is -0.295 e. The third-order valence-electron chi connectivity index (χ3n) is 3.78. The summed E-state index contributed by atoms with van der Waals surface area (Å²) in [5.74, 6) is 0. The maximum atomic E-state index is 12.8. The van der Waals surface area contributed by atoms with E-state index in [4.69, 9.17) is 11.6 Å². The first-order valence-corrected chi connectivity index (χ1v) is 7.17. The average Bonchev–Trinajstić information content (AvgIpc) is 2.72.